The number of carbonyl (C=O) groups excluding carboxylic acids is 3. The van der Waals surface area contributed by atoms with E-state index in [0.29, 0.717) is 6.07 Å². The topological polar surface area (TPSA) is 87.3 Å². The van der Waals surface area contributed by atoms with Gasteiger partial charge in [-0.15, -0.1) is 23.2 Å². The second kappa shape index (κ2) is 11.6. The first-order valence-corrected chi connectivity index (χ1v) is 12.7. The highest BCUT2D eigenvalue weighted by atomic mass is 35.5. The highest BCUT2D eigenvalue weighted by Gasteiger charge is 2.67. The van der Waals surface area contributed by atoms with E-state index in [1.165, 1.54) is 23.5 Å². The Balaban J connectivity index is 1.52. The van der Waals surface area contributed by atoms with Gasteiger partial charge in [-0.05, 0) is 42.0 Å². The van der Waals surface area contributed by atoms with Crippen molar-refractivity contribution in [2.24, 2.45) is 5.92 Å². The van der Waals surface area contributed by atoms with Gasteiger partial charge in [-0.3, -0.25) is 14.4 Å². The molecule has 222 valence electrons. The number of amides is 3. The van der Waals surface area contributed by atoms with Crippen LogP contribution in [0.3, 0.4) is 0 Å². The fourth-order valence-electron chi connectivity index (χ4n) is 4.10. The molecule has 1 fully saturated rings. The van der Waals surface area contributed by atoms with Crippen molar-refractivity contribution in [3.05, 3.63) is 87.9 Å². The molecule has 0 unspecified atom stereocenters. The lowest BCUT2D eigenvalue weighted by Gasteiger charge is -2.13. The van der Waals surface area contributed by atoms with Crippen molar-refractivity contribution in [1.29, 1.82) is 0 Å². The molecule has 2 atom stereocenters. The fourth-order valence-corrected chi connectivity index (χ4v) is 5.14. The Hall–Kier alpha value is -3.55. The minimum Gasteiger partial charge on any atom is -0.326 e. The van der Waals surface area contributed by atoms with Gasteiger partial charge in [0.15, 0.2) is 5.82 Å². The first-order valence-electron chi connectivity index (χ1n) is 11.6. The van der Waals surface area contributed by atoms with Crippen molar-refractivity contribution in [3.63, 3.8) is 0 Å². The van der Waals surface area contributed by atoms with Crippen LogP contribution in [0.25, 0.3) is 0 Å². The maximum Gasteiger partial charge on any atom is 0.416 e. The summed E-state index contributed by atoms with van der Waals surface area (Å²) in [6, 6.07) is 9.09. The molecule has 4 rings (SSSR count). The van der Waals surface area contributed by atoms with Crippen LogP contribution < -0.4 is 16.0 Å². The Kier molecular flexibility index (Phi) is 8.68. The molecule has 1 saturated carbocycles. The zero-order valence-electron chi connectivity index (χ0n) is 20.4. The van der Waals surface area contributed by atoms with Gasteiger partial charge in [0.2, 0.25) is 5.91 Å². The molecule has 3 N–H and O–H groups in total. The Morgan fingerprint density at radius 1 is 0.905 bits per heavy atom. The van der Waals surface area contributed by atoms with Crippen LogP contribution in [0.5, 0.6) is 0 Å². The highest BCUT2D eigenvalue weighted by molar-refractivity contribution is 6.53. The molecule has 0 radical (unpaired) electrons. The van der Waals surface area contributed by atoms with E-state index in [2.05, 4.69) is 10.6 Å². The number of benzene rings is 3. The second-order valence-corrected chi connectivity index (χ2v) is 10.8. The smallest absolute Gasteiger partial charge is 0.326 e. The van der Waals surface area contributed by atoms with E-state index in [-0.39, 0.29) is 21.8 Å². The molecule has 0 aliphatic heterocycles. The number of hydrogen-bond donors (Lipinski definition) is 3. The van der Waals surface area contributed by atoms with Gasteiger partial charge in [0.05, 0.1) is 27.8 Å². The van der Waals surface area contributed by atoms with Gasteiger partial charge in [-0.25, -0.2) is 8.78 Å². The molecule has 0 heterocycles. The summed E-state index contributed by atoms with van der Waals surface area (Å²) < 4.78 is 91.4. The Labute approximate surface area is 247 Å². The number of nitrogens with one attached hydrogen (secondary N) is 3. The van der Waals surface area contributed by atoms with Gasteiger partial charge in [0, 0.05) is 11.6 Å². The monoisotopic (exact) mass is 655 g/mol. The average Bonchev–Trinajstić information content (AvgIpc) is 3.50. The van der Waals surface area contributed by atoms with Crippen molar-refractivity contribution >= 4 is 69.6 Å². The van der Waals surface area contributed by atoms with E-state index >= 15 is 0 Å². The van der Waals surface area contributed by atoms with Gasteiger partial charge < -0.3 is 16.0 Å². The third-order valence-corrected chi connectivity index (χ3v) is 7.44. The standard InChI is InChI=1S/C26H15Cl3F7N3O3/c27-14-5-4-12(37-23(41)18-17(25(18,28)29)10-2-1-3-11(8-10)26(34,35)36)9-13(14)22(40)38-16-7-6-15(30)20(19(16)31)39-24(42)21(32)33/h1-9,17-18,21H,(H,37,41)(H,38,40)(H,39,42)/t17-,18+/m0/s1. The third-order valence-electron chi connectivity index (χ3n) is 6.17. The lowest BCUT2D eigenvalue weighted by Crippen LogP contribution is -2.22. The summed E-state index contributed by atoms with van der Waals surface area (Å²) in [5.41, 5.74) is -3.16. The van der Waals surface area contributed by atoms with Gasteiger partial charge >= 0.3 is 12.6 Å². The molecule has 1 aliphatic rings. The van der Waals surface area contributed by atoms with E-state index in [9.17, 15) is 45.1 Å². The minimum atomic E-state index is -4.64. The maximum absolute atomic E-state index is 14.7. The van der Waals surface area contributed by atoms with Gasteiger partial charge in [-0.2, -0.15) is 22.0 Å². The summed E-state index contributed by atoms with van der Waals surface area (Å²) in [5, 5.41) is 5.70. The molecule has 0 aromatic heterocycles. The predicted molar refractivity (Wildman–Crippen MR) is 141 cm³/mol. The van der Waals surface area contributed by atoms with Crippen molar-refractivity contribution in [2.75, 3.05) is 16.0 Å². The average molecular weight is 657 g/mol. The summed E-state index contributed by atoms with van der Waals surface area (Å²) in [6.07, 6.45) is -8.21. The van der Waals surface area contributed by atoms with Gasteiger partial charge in [-0.1, -0.05) is 29.8 Å². The van der Waals surface area contributed by atoms with Crippen molar-refractivity contribution in [1.82, 2.24) is 0 Å². The molecule has 3 aromatic rings. The molecule has 3 aromatic carbocycles. The summed E-state index contributed by atoms with van der Waals surface area (Å²) in [6.45, 7) is 0. The molecule has 0 saturated heterocycles. The lowest BCUT2D eigenvalue weighted by atomic mass is 10.1. The second-order valence-electron chi connectivity index (χ2n) is 8.96. The number of hydrogen-bond acceptors (Lipinski definition) is 3. The van der Waals surface area contributed by atoms with Crippen LogP contribution in [0.2, 0.25) is 5.02 Å². The quantitative estimate of drug-likeness (QED) is 0.181. The molecule has 3 amide bonds. The summed E-state index contributed by atoms with van der Waals surface area (Å²) in [7, 11) is 0. The molecule has 42 heavy (non-hydrogen) atoms. The van der Waals surface area contributed by atoms with E-state index in [0.717, 1.165) is 30.3 Å². The highest BCUT2D eigenvalue weighted by Crippen LogP contribution is 2.65. The van der Waals surface area contributed by atoms with Crippen LogP contribution in [-0.2, 0) is 15.8 Å². The van der Waals surface area contributed by atoms with Crippen LogP contribution in [0.1, 0.15) is 27.4 Å². The zero-order valence-corrected chi connectivity index (χ0v) is 22.7. The third kappa shape index (κ3) is 6.42. The molecule has 0 spiro atoms. The van der Waals surface area contributed by atoms with Gasteiger partial charge in [0.25, 0.3) is 11.8 Å². The zero-order chi connectivity index (χ0) is 31.1. The van der Waals surface area contributed by atoms with Crippen LogP contribution in [0.15, 0.2) is 54.6 Å². The summed E-state index contributed by atoms with van der Waals surface area (Å²) >= 11 is 18.5. The van der Waals surface area contributed by atoms with Crippen LogP contribution in [0, 0.1) is 17.6 Å². The first-order chi connectivity index (χ1) is 19.5. The Morgan fingerprint density at radius 2 is 1.60 bits per heavy atom. The van der Waals surface area contributed by atoms with E-state index < -0.39 is 75.1 Å². The molecular weight excluding hydrogens is 642 g/mol. The minimum absolute atomic E-state index is 0.0298. The summed E-state index contributed by atoms with van der Waals surface area (Å²) in [5.74, 6) is -8.96. The van der Waals surface area contributed by atoms with Crippen molar-refractivity contribution in [2.45, 2.75) is 22.9 Å². The number of alkyl halides is 7. The van der Waals surface area contributed by atoms with Crippen molar-refractivity contribution < 1.29 is 45.1 Å². The molecular formula is C26H15Cl3F7N3O3. The Bertz CT molecular complexity index is 1580. The molecule has 0 bridgehead atoms. The van der Waals surface area contributed by atoms with Gasteiger partial charge in [0.1, 0.15) is 15.8 Å². The number of carbonyl (C=O) groups is 3. The van der Waals surface area contributed by atoms with Crippen molar-refractivity contribution in [3.8, 4) is 0 Å². The van der Waals surface area contributed by atoms with Crippen LogP contribution in [0.4, 0.5) is 47.8 Å². The van der Waals surface area contributed by atoms with E-state index in [4.69, 9.17) is 34.8 Å². The molecule has 16 heteroatoms. The SMILES string of the molecule is O=C(Nc1ccc(F)c(NC(=O)C(F)F)c1F)c1cc(NC(=O)[C@H]2[C@H](c3cccc(C(F)(F)F)c3)C2(Cl)Cl)ccc1Cl. The van der Waals surface area contributed by atoms with Crippen LogP contribution >= 0.6 is 34.8 Å². The largest absolute Gasteiger partial charge is 0.416 e. The maximum atomic E-state index is 14.7. The normalized spacial score (nSPS) is 17.5. The fraction of sp³-hybridized carbons (Fsp3) is 0.192. The van der Waals surface area contributed by atoms with Crippen LogP contribution in [-0.4, -0.2) is 28.5 Å². The number of anilines is 3. The molecule has 6 nitrogen and oxygen atoms in total. The Morgan fingerprint density at radius 3 is 2.24 bits per heavy atom. The lowest BCUT2D eigenvalue weighted by molar-refractivity contribution is -0.137. The van der Waals surface area contributed by atoms with E-state index in [1.807, 2.05) is 0 Å². The van der Waals surface area contributed by atoms with E-state index in [1.54, 1.807) is 0 Å². The predicted octanol–water partition coefficient (Wildman–Crippen LogP) is 7.62. The first kappa shape index (κ1) is 31.4. The number of rotatable bonds is 7. The summed E-state index contributed by atoms with van der Waals surface area (Å²) in [4.78, 5) is 37.0. The number of halogens is 10. The molecule has 1 aliphatic carbocycles.